The van der Waals surface area contributed by atoms with Gasteiger partial charge >= 0.3 is 11.4 Å². The van der Waals surface area contributed by atoms with Crippen LogP contribution < -0.4 is 60.4 Å². The lowest BCUT2D eigenvalue weighted by Gasteiger charge is -2.19. The molecule has 0 aliphatic rings. The van der Waals surface area contributed by atoms with Gasteiger partial charge in [-0.05, 0) is 61.4 Å². The van der Waals surface area contributed by atoms with Crippen molar-refractivity contribution >= 4 is 24.3 Å². The van der Waals surface area contributed by atoms with Crippen molar-refractivity contribution in [3.05, 3.63) is 124 Å². The Bertz CT molecular complexity index is 2970. The molecule has 0 atom stereocenters. The molecule has 0 saturated heterocycles. The summed E-state index contributed by atoms with van der Waals surface area (Å²) in [5.41, 5.74) is 0.703. The van der Waals surface area contributed by atoms with Crippen molar-refractivity contribution in [3.8, 4) is 46.0 Å². The van der Waals surface area contributed by atoms with Crippen LogP contribution in [0.3, 0.4) is 0 Å². The molecule has 0 aliphatic carbocycles. The van der Waals surface area contributed by atoms with Gasteiger partial charge in [0.05, 0.1) is 132 Å². The number of aryl methyl sites for hydroxylation is 2. The van der Waals surface area contributed by atoms with Crippen LogP contribution in [0.5, 0.6) is 46.0 Å². The monoisotopic (exact) mass is 1330 g/mol. The molecule has 0 unspecified atom stereocenters. The zero-order chi connectivity index (χ0) is 67.4. The molecule has 0 amide bonds. The summed E-state index contributed by atoms with van der Waals surface area (Å²) < 4.78 is 119. The van der Waals surface area contributed by atoms with Gasteiger partial charge < -0.3 is 94.7 Å². The summed E-state index contributed by atoms with van der Waals surface area (Å²) >= 11 is 0. The summed E-state index contributed by atoms with van der Waals surface area (Å²) in [6, 6.07) is 10.7. The Morgan fingerprint density at radius 1 is 0.309 bits per heavy atom. The Balaban J connectivity index is 1.69. The minimum Gasteiger partial charge on any atom is -0.491 e. The maximum atomic E-state index is 13.0. The van der Waals surface area contributed by atoms with Gasteiger partial charge in [0.2, 0.25) is 11.5 Å². The fraction of sp³-hybridized carbons (Fsp3) is 0.545. The molecule has 0 bridgehead atoms. The predicted molar refractivity (Wildman–Crippen MR) is 349 cm³/mol. The van der Waals surface area contributed by atoms with E-state index in [1.165, 1.54) is 21.5 Å². The van der Waals surface area contributed by atoms with Crippen molar-refractivity contribution in [3.63, 3.8) is 0 Å². The van der Waals surface area contributed by atoms with Gasteiger partial charge in [0.25, 0.3) is 11.1 Å². The lowest BCUT2D eigenvalue weighted by Crippen LogP contribution is -2.32. The summed E-state index contributed by atoms with van der Waals surface area (Å²) in [5, 5.41) is 0. The van der Waals surface area contributed by atoms with E-state index in [4.69, 9.17) is 94.7 Å². The Kier molecular flexibility index (Phi) is 38.2. The third kappa shape index (κ3) is 29.0. The molecule has 2 heterocycles. The first-order valence-electron chi connectivity index (χ1n) is 30.9. The van der Waals surface area contributed by atoms with Gasteiger partial charge in [0.15, 0.2) is 23.0 Å². The summed E-state index contributed by atoms with van der Waals surface area (Å²) in [6.45, 7) is 10.2. The van der Waals surface area contributed by atoms with Crippen LogP contribution in [-0.2, 0) is 69.9 Å². The first-order chi connectivity index (χ1) is 45.9. The normalized spacial score (nSPS) is 11.5. The summed E-state index contributed by atoms with van der Waals surface area (Å²) in [6.07, 6.45) is 10.2. The highest BCUT2D eigenvalue weighted by atomic mass is 16.6. The molecule has 5 rings (SSSR count). The molecule has 28 heteroatoms. The Hall–Kier alpha value is -7.58. The lowest BCUT2D eigenvalue weighted by atomic mass is 10.0. The molecule has 0 aliphatic heterocycles. The number of methoxy groups -OCH3 is 6. The van der Waals surface area contributed by atoms with E-state index in [1.54, 1.807) is 92.9 Å². The van der Waals surface area contributed by atoms with E-state index in [1.807, 2.05) is 24.3 Å². The second-order valence-electron chi connectivity index (χ2n) is 20.2. The SMILES string of the molecule is COCCOCCOc1cc(/C=C/c2cc(OCCn3cc(C)c(=O)[nH]c3=O)c(/C=C/c3cc(OCCOCCOC)c(OCCOCCOC)c(OCCOCCOC)c3)cc2OCCn2cc(C)c(=O)[nH]c2=O)cc(OCCOCCOC)c1OCCOCCOC. The van der Waals surface area contributed by atoms with E-state index in [0.29, 0.717) is 159 Å². The molecule has 28 nitrogen and oxygen atoms in total. The van der Waals surface area contributed by atoms with Crippen molar-refractivity contribution in [2.75, 3.05) is 214 Å². The molecule has 0 radical (unpaired) electrons. The van der Waals surface area contributed by atoms with E-state index in [-0.39, 0.29) is 106 Å². The quantitative estimate of drug-likeness (QED) is 0.0392. The van der Waals surface area contributed by atoms with Gasteiger partial charge in [-0.25, -0.2) is 9.59 Å². The minimum absolute atomic E-state index is 0.0369. The number of nitrogens with one attached hydrogen (secondary N) is 2. The first kappa shape index (κ1) is 77.1. The minimum atomic E-state index is -0.607. The van der Waals surface area contributed by atoms with Crippen LogP contribution in [0.25, 0.3) is 24.3 Å². The van der Waals surface area contributed by atoms with Crippen molar-refractivity contribution in [1.82, 2.24) is 19.1 Å². The number of rotatable bonds is 54. The van der Waals surface area contributed by atoms with Crippen LogP contribution in [0.1, 0.15) is 33.4 Å². The largest absolute Gasteiger partial charge is 0.491 e. The Morgan fingerprint density at radius 2 is 0.564 bits per heavy atom. The third-order valence-corrected chi connectivity index (χ3v) is 13.2. The van der Waals surface area contributed by atoms with Crippen LogP contribution in [0.4, 0.5) is 0 Å². The van der Waals surface area contributed by atoms with Gasteiger partial charge in [-0.1, -0.05) is 24.3 Å². The van der Waals surface area contributed by atoms with Crippen LogP contribution in [0.15, 0.2) is 68.0 Å². The summed E-state index contributed by atoms with van der Waals surface area (Å²) in [5.74, 6) is 2.73. The Labute approximate surface area is 547 Å². The molecule has 94 heavy (non-hydrogen) atoms. The van der Waals surface area contributed by atoms with E-state index in [9.17, 15) is 19.2 Å². The summed E-state index contributed by atoms with van der Waals surface area (Å²) in [7, 11) is 9.56. The van der Waals surface area contributed by atoms with Crippen molar-refractivity contribution < 1.29 is 94.7 Å². The second-order valence-corrected chi connectivity index (χ2v) is 20.2. The van der Waals surface area contributed by atoms with Crippen molar-refractivity contribution in [2.24, 2.45) is 0 Å². The fourth-order valence-electron chi connectivity index (χ4n) is 8.36. The number of ether oxygens (including phenoxy) is 20. The molecule has 0 saturated carbocycles. The number of nitrogens with zero attached hydrogens (tertiary/aromatic N) is 2. The molecular weight excluding hydrogens is 1230 g/mol. The number of aromatic nitrogens is 4. The predicted octanol–water partition coefficient (Wildman–Crippen LogP) is 4.75. The van der Waals surface area contributed by atoms with Crippen LogP contribution in [0, 0.1) is 13.8 Å². The number of hydrogen-bond acceptors (Lipinski definition) is 24. The highest BCUT2D eigenvalue weighted by Crippen LogP contribution is 2.42. The van der Waals surface area contributed by atoms with Crippen LogP contribution >= 0.6 is 0 Å². The molecular formula is C66H94N4O24. The van der Waals surface area contributed by atoms with Gasteiger partial charge in [-0.15, -0.1) is 0 Å². The smallest absolute Gasteiger partial charge is 0.328 e. The standard InChI is InChI=1S/C66H94N4O24/c1-49-47-69(65(73)67-63(49)71)13-15-87-55-45-54(12-10-52-43-59(91-37-31-83-25-19-77-5)62(94-40-34-86-28-22-80-8)60(44-52)92-38-32-84-26-20-78-6)56(88-16-14-70-48-50(2)64(72)68-66(70)74)46-53(55)11-9-51-41-57(89-35-29-81-23-17-75-3)61(93-39-33-85-27-21-79-7)58(42-51)90-36-30-82-24-18-76-4/h9-12,41-48H,13-40H2,1-8H3,(H,67,71,73)(H,68,72,74)/b11-9+,12-10+. The topological polar surface area (TPSA) is 294 Å². The second kappa shape index (κ2) is 46.5. The summed E-state index contributed by atoms with van der Waals surface area (Å²) in [4.78, 5) is 55.5. The van der Waals surface area contributed by atoms with E-state index in [2.05, 4.69) is 9.97 Å². The molecule has 522 valence electrons. The molecule has 5 aromatic rings. The first-order valence-corrected chi connectivity index (χ1v) is 30.9. The van der Waals surface area contributed by atoms with Gasteiger partial charge in [0, 0.05) is 77.3 Å². The molecule has 0 fully saturated rings. The van der Waals surface area contributed by atoms with Crippen LogP contribution in [0.2, 0.25) is 0 Å². The highest BCUT2D eigenvalue weighted by molar-refractivity contribution is 5.80. The Morgan fingerprint density at radius 3 is 0.840 bits per heavy atom. The van der Waals surface area contributed by atoms with Crippen molar-refractivity contribution in [1.29, 1.82) is 0 Å². The van der Waals surface area contributed by atoms with Gasteiger partial charge in [0.1, 0.15) is 64.4 Å². The lowest BCUT2D eigenvalue weighted by molar-refractivity contribution is 0.0468. The zero-order valence-electron chi connectivity index (χ0n) is 55.4. The van der Waals surface area contributed by atoms with Gasteiger partial charge in [-0.3, -0.25) is 28.7 Å². The number of hydrogen-bond donors (Lipinski definition) is 2. The number of aromatic amines is 2. The van der Waals surface area contributed by atoms with Gasteiger partial charge in [-0.2, -0.15) is 0 Å². The van der Waals surface area contributed by atoms with E-state index >= 15 is 0 Å². The maximum absolute atomic E-state index is 13.0. The average molecular weight is 1330 g/mol. The third-order valence-electron chi connectivity index (χ3n) is 13.2. The van der Waals surface area contributed by atoms with E-state index < -0.39 is 22.5 Å². The zero-order valence-corrected chi connectivity index (χ0v) is 55.4. The fourth-order valence-corrected chi connectivity index (χ4v) is 8.36. The number of benzene rings is 3. The highest BCUT2D eigenvalue weighted by Gasteiger charge is 2.20. The van der Waals surface area contributed by atoms with E-state index in [0.717, 1.165) is 0 Å². The average Bonchev–Trinajstić information content (AvgIpc) is 0.918. The van der Waals surface area contributed by atoms with Crippen LogP contribution in [-0.4, -0.2) is 234 Å². The number of H-pyrrole nitrogens is 2. The molecule has 2 aromatic heterocycles. The molecule has 2 N–H and O–H groups in total. The van der Waals surface area contributed by atoms with Crippen molar-refractivity contribution in [2.45, 2.75) is 26.9 Å². The maximum Gasteiger partial charge on any atom is 0.328 e. The molecule has 0 spiro atoms. The molecule has 3 aromatic carbocycles.